The Bertz CT molecular complexity index is 555. The summed E-state index contributed by atoms with van der Waals surface area (Å²) in [7, 11) is 0. The molecule has 0 aliphatic rings. The van der Waals surface area contributed by atoms with E-state index in [1.165, 1.54) is 11.3 Å². The molecule has 0 saturated carbocycles. The third kappa shape index (κ3) is 3.59. The fraction of sp³-hybridized carbons (Fsp3) is 0.154. The molecule has 1 aromatic carbocycles. The molecule has 1 atom stereocenters. The molecule has 1 amide bonds. The van der Waals surface area contributed by atoms with Crippen LogP contribution in [0.25, 0.3) is 0 Å². The molecule has 0 saturated heterocycles. The van der Waals surface area contributed by atoms with E-state index >= 15 is 0 Å². The van der Waals surface area contributed by atoms with E-state index in [1.807, 2.05) is 30.3 Å². The molecule has 2 rings (SSSR count). The number of hydrogen-bond acceptors (Lipinski definition) is 4. The first-order valence-corrected chi connectivity index (χ1v) is 6.96. The number of carbonyl (C=O) groups excluding carboxylic acids is 1. The van der Waals surface area contributed by atoms with Crippen LogP contribution >= 0.6 is 23.6 Å². The van der Waals surface area contributed by atoms with Gasteiger partial charge in [-0.2, -0.15) is 0 Å². The Hall–Kier alpha value is -1.79. The predicted molar refractivity (Wildman–Crippen MR) is 79.9 cm³/mol. The zero-order chi connectivity index (χ0) is 13.7. The largest absolute Gasteiger partial charge is 0.392 e. The van der Waals surface area contributed by atoms with E-state index in [0.717, 1.165) is 10.4 Å². The molecule has 1 heterocycles. The molecule has 6 heteroatoms. The number of nitrogens with zero attached hydrogens (tertiary/aromatic N) is 1. The number of carbonyl (C=O) groups is 1. The van der Waals surface area contributed by atoms with Crippen molar-refractivity contribution in [3.63, 3.8) is 0 Å². The fourth-order valence-electron chi connectivity index (χ4n) is 1.70. The van der Waals surface area contributed by atoms with Crippen molar-refractivity contribution in [2.45, 2.75) is 12.5 Å². The molecule has 0 aliphatic heterocycles. The third-order valence-electron chi connectivity index (χ3n) is 2.60. The average Bonchev–Trinajstić information content (AvgIpc) is 2.90. The molecule has 3 N–H and O–H groups in total. The van der Waals surface area contributed by atoms with Crippen molar-refractivity contribution < 1.29 is 4.79 Å². The van der Waals surface area contributed by atoms with Gasteiger partial charge in [-0.15, -0.1) is 11.3 Å². The van der Waals surface area contributed by atoms with Gasteiger partial charge in [0.1, 0.15) is 5.92 Å². The zero-order valence-electron chi connectivity index (χ0n) is 10.1. The lowest BCUT2D eigenvalue weighted by molar-refractivity contribution is -0.121. The number of thiocarbonyl (C=S) groups is 1. The van der Waals surface area contributed by atoms with E-state index in [2.05, 4.69) is 10.3 Å². The monoisotopic (exact) mass is 291 g/mol. The summed E-state index contributed by atoms with van der Waals surface area (Å²) in [6, 6.07) is 9.29. The normalized spacial score (nSPS) is 11.8. The highest BCUT2D eigenvalue weighted by molar-refractivity contribution is 7.80. The first-order chi connectivity index (χ1) is 9.18. The summed E-state index contributed by atoms with van der Waals surface area (Å²) in [4.78, 5) is 17.3. The summed E-state index contributed by atoms with van der Waals surface area (Å²) < 4.78 is 0. The number of nitrogens with one attached hydrogen (secondary N) is 1. The lowest BCUT2D eigenvalue weighted by Gasteiger charge is -2.15. The summed E-state index contributed by atoms with van der Waals surface area (Å²) >= 11 is 6.49. The van der Waals surface area contributed by atoms with Crippen LogP contribution in [0.2, 0.25) is 0 Å². The summed E-state index contributed by atoms with van der Waals surface area (Å²) in [5, 5.41) is 2.83. The number of nitrogens with two attached hydrogens (primary N) is 1. The highest BCUT2D eigenvalue weighted by Gasteiger charge is 2.23. The molecule has 19 heavy (non-hydrogen) atoms. The maximum absolute atomic E-state index is 12.2. The molecule has 0 radical (unpaired) electrons. The summed E-state index contributed by atoms with van der Waals surface area (Å²) in [6.07, 6.45) is 1.73. The molecule has 2 aromatic rings. The first-order valence-electron chi connectivity index (χ1n) is 5.68. The van der Waals surface area contributed by atoms with Gasteiger partial charge < -0.3 is 11.1 Å². The van der Waals surface area contributed by atoms with Crippen molar-refractivity contribution in [3.8, 4) is 0 Å². The molecule has 1 unspecified atom stereocenters. The Labute approximate surface area is 120 Å². The number of rotatable bonds is 5. The van der Waals surface area contributed by atoms with Gasteiger partial charge in [0.25, 0.3) is 0 Å². The van der Waals surface area contributed by atoms with Crippen molar-refractivity contribution in [2.75, 3.05) is 0 Å². The SMILES string of the molecule is NC(=S)C(C(=O)NCc1cncs1)c1ccccc1. The molecule has 0 fully saturated rings. The number of aromatic nitrogens is 1. The summed E-state index contributed by atoms with van der Waals surface area (Å²) in [5.74, 6) is -0.781. The Kier molecular flexibility index (Phi) is 4.59. The molecular weight excluding hydrogens is 278 g/mol. The molecule has 1 aromatic heterocycles. The van der Waals surface area contributed by atoms with Crippen LogP contribution < -0.4 is 11.1 Å². The molecular formula is C13H13N3OS2. The topological polar surface area (TPSA) is 68.0 Å². The molecule has 98 valence electrons. The van der Waals surface area contributed by atoms with Crippen LogP contribution in [0, 0.1) is 0 Å². The van der Waals surface area contributed by atoms with E-state index in [0.29, 0.717) is 6.54 Å². The maximum Gasteiger partial charge on any atom is 0.234 e. The van der Waals surface area contributed by atoms with Gasteiger partial charge in [0.2, 0.25) is 5.91 Å². The second-order valence-electron chi connectivity index (χ2n) is 3.93. The highest BCUT2D eigenvalue weighted by Crippen LogP contribution is 2.16. The second kappa shape index (κ2) is 6.40. The number of thiazole rings is 1. The lowest BCUT2D eigenvalue weighted by atomic mass is 9.98. The minimum absolute atomic E-state index is 0.174. The van der Waals surface area contributed by atoms with Crippen molar-refractivity contribution in [1.82, 2.24) is 10.3 Å². The molecule has 0 aliphatic carbocycles. The standard InChI is InChI=1S/C13H13N3OS2/c14-12(18)11(9-4-2-1-3-5-9)13(17)16-7-10-6-15-8-19-10/h1-6,8,11H,7H2,(H2,14,18)(H,16,17). The minimum Gasteiger partial charge on any atom is -0.392 e. The van der Waals surface area contributed by atoms with Crippen LogP contribution in [0.4, 0.5) is 0 Å². The van der Waals surface area contributed by atoms with Crippen LogP contribution in [-0.4, -0.2) is 15.9 Å². The van der Waals surface area contributed by atoms with E-state index in [1.54, 1.807) is 11.7 Å². The Morgan fingerprint density at radius 3 is 2.74 bits per heavy atom. The van der Waals surface area contributed by atoms with Crippen molar-refractivity contribution >= 4 is 34.5 Å². The van der Waals surface area contributed by atoms with Crippen LogP contribution in [-0.2, 0) is 11.3 Å². The fourth-order valence-corrected chi connectivity index (χ4v) is 2.47. The van der Waals surface area contributed by atoms with Gasteiger partial charge in [-0.25, -0.2) is 0 Å². The van der Waals surface area contributed by atoms with Crippen molar-refractivity contribution in [3.05, 3.63) is 52.5 Å². The van der Waals surface area contributed by atoms with Gasteiger partial charge in [0, 0.05) is 11.1 Å². The quantitative estimate of drug-likeness (QED) is 0.825. The van der Waals surface area contributed by atoms with E-state index < -0.39 is 5.92 Å². The lowest BCUT2D eigenvalue weighted by Crippen LogP contribution is -2.35. The Morgan fingerprint density at radius 2 is 2.16 bits per heavy atom. The van der Waals surface area contributed by atoms with Gasteiger partial charge in [0.05, 0.1) is 17.0 Å². The van der Waals surface area contributed by atoms with Crippen LogP contribution in [0.5, 0.6) is 0 Å². The van der Waals surface area contributed by atoms with Crippen LogP contribution in [0.3, 0.4) is 0 Å². The van der Waals surface area contributed by atoms with Crippen LogP contribution in [0.15, 0.2) is 42.0 Å². The summed E-state index contributed by atoms with van der Waals surface area (Å²) in [5.41, 5.74) is 8.21. The van der Waals surface area contributed by atoms with Gasteiger partial charge in [-0.3, -0.25) is 9.78 Å². The van der Waals surface area contributed by atoms with E-state index in [9.17, 15) is 4.79 Å². The molecule has 4 nitrogen and oxygen atoms in total. The number of benzene rings is 1. The average molecular weight is 291 g/mol. The maximum atomic E-state index is 12.2. The molecule has 0 spiro atoms. The van der Waals surface area contributed by atoms with Crippen LogP contribution in [0.1, 0.15) is 16.4 Å². The van der Waals surface area contributed by atoms with Gasteiger partial charge >= 0.3 is 0 Å². The predicted octanol–water partition coefficient (Wildman–Crippen LogP) is 1.83. The Morgan fingerprint density at radius 1 is 1.42 bits per heavy atom. The smallest absolute Gasteiger partial charge is 0.234 e. The highest BCUT2D eigenvalue weighted by atomic mass is 32.1. The van der Waals surface area contributed by atoms with Gasteiger partial charge in [0.15, 0.2) is 0 Å². The Balaban J connectivity index is 2.07. The van der Waals surface area contributed by atoms with Gasteiger partial charge in [-0.05, 0) is 5.56 Å². The second-order valence-corrected chi connectivity index (χ2v) is 5.37. The molecule has 0 bridgehead atoms. The third-order valence-corrected chi connectivity index (χ3v) is 3.62. The minimum atomic E-state index is -0.593. The van der Waals surface area contributed by atoms with Crippen molar-refractivity contribution in [1.29, 1.82) is 0 Å². The van der Waals surface area contributed by atoms with Crippen molar-refractivity contribution in [2.24, 2.45) is 5.73 Å². The number of amides is 1. The first kappa shape index (κ1) is 13.6. The zero-order valence-corrected chi connectivity index (χ0v) is 11.7. The van der Waals surface area contributed by atoms with E-state index in [4.69, 9.17) is 18.0 Å². The summed E-state index contributed by atoms with van der Waals surface area (Å²) in [6.45, 7) is 0.440. The number of hydrogen-bond donors (Lipinski definition) is 2. The van der Waals surface area contributed by atoms with E-state index in [-0.39, 0.29) is 10.9 Å². The van der Waals surface area contributed by atoms with Gasteiger partial charge in [-0.1, -0.05) is 42.5 Å².